The molecular formula is C31H39Cl4N7O5S. The summed E-state index contributed by atoms with van der Waals surface area (Å²) >= 11 is 13.2. The lowest BCUT2D eigenvalue weighted by atomic mass is 10.0. The maximum atomic E-state index is 14.0. The van der Waals surface area contributed by atoms with Crippen LogP contribution in [0.1, 0.15) is 43.4 Å². The van der Waals surface area contributed by atoms with Gasteiger partial charge in [-0.3, -0.25) is 14.6 Å². The number of aryl methyl sites for hydroxylation is 1. The number of aliphatic imine (C=N–C) groups is 1. The van der Waals surface area contributed by atoms with Crippen molar-refractivity contribution in [2.45, 2.75) is 62.6 Å². The highest BCUT2D eigenvalue weighted by atomic mass is 35.5. The number of carbonyl (C=O) groups excluding carboxylic acids is 2. The third kappa shape index (κ3) is 8.93. The fourth-order valence-corrected chi connectivity index (χ4v) is 8.34. The number of nitrogens with zero attached hydrogens (tertiary/aromatic N) is 4. The number of para-hydroxylation sites is 1. The average molecular weight is 764 g/mol. The van der Waals surface area contributed by atoms with Gasteiger partial charge in [-0.1, -0.05) is 41.4 Å². The van der Waals surface area contributed by atoms with Crippen LogP contribution >= 0.6 is 48.0 Å². The number of sulfonamides is 1. The Balaban J connectivity index is 0.00000312. The average Bonchev–Trinajstić information content (AvgIpc) is 3.53. The fraction of sp³-hybridized carbons (Fsp3) is 0.419. The molecule has 2 fully saturated rings. The molecule has 2 aromatic carbocycles. The molecule has 2 amide bonds. The van der Waals surface area contributed by atoms with Crippen molar-refractivity contribution < 1.29 is 22.7 Å². The molecule has 3 aromatic rings. The highest BCUT2D eigenvalue weighted by Crippen LogP contribution is 2.36. The van der Waals surface area contributed by atoms with Gasteiger partial charge in [0.1, 0.15) is 28.8 Å². The van der Waals surface area contributed by atoms with Gasteiger partial charge in [-0.15, -0.1) is 24.8 Å². The van der Waals surface area contributed by atoms with Crippen LogP contribution in [-0.2, 0) is 26.2 Å². The lowest BCUT2D eigenvalue weighted by molar-refractivity contribution is -0.132. The van der Waals surface area contributed by atoms with E-state index in [1.165, 1.54) is 16.4 Å². The minimum Gasteiger partial charge on any atom is -0.487 e. The van der Waals surface area contributed by atoms with Crippen LogP contribution in [0.2, 0.25) is 10.0 Å². The van der Waals surface area contributed by atoms with E-state index in [4.69, 9.17) is 39.4 Å². The van der Waals surface area contributed by atoms with E-state index >= 15 is 0 Å². The van der Waals surface area contributed by atoms with Crippen LogP contribution in [0.25, 0.3) is 10.9 Å². The summed E-state index contributed by atoms with van der Waals surface area (Å²) in [4.78, 5) is 35.8. The predicted octanol–water partition coefficient (Wildman–Crippen LogP) is 4.20. The molecule has 17 heteroatoms. The Morgan fingerprint density at radius 2 is 1.77 bits per heavy atom. The van der Waals surface area contributed by atoms with E-state index in [9.17, 15) is 18.0 Å². The lowest BCUT2D eigenvalue weighted by Crippen LogP contribution is -2.52. The van der Waals surface area contributed by atoms with E-state index < -0.39 is 16.1 Å². The SMILES string of the molecule is Cc1ccc2cccc(OCc3c(Cl)ccc(S(=O)(=O)N4CCC[C@H]4C(=O)NC4CCN(C(=O)CCN=C(N)N)CC4)c3Cl)c2n1.Cl.Cl. The monoisotopic (exact) mass is 761 g/mol. The molecular weight excluding hydrogens is 724 g/mol. The highest BCUT2D eigenvalue weighted by Gasteiger charge is 2.41. The first-order valence-corrected chi connectivity index (χ1v) is 17.3. The van der Waals surface area contributed by atoms with Crippen molar-refractivity contribution in [1.82, 2.24) is 19.5 Å². The van der Waals surface area contributed by atoms with Crippen molar-refractivity contribution in [3.05, 3.63) is 63.8 Å². The first kappa shape index (κ1) is 39.4. The number of piperidine rings is 1. The number of carbonyl (C=O) groups is 2. The number of nitrogens with one attached hydrogen (secondary N) is 1. The summed E-state index contributed by atoms with van der Waals surface area (Å²) in [6.45, 7) is 3.13. The van der Waals surface area contributed by atoms with Gasteiger partial charge in [0.25, 0.3) is 0 Å². The molecule has 0 radical (unpaired) electrons. The topological polar surface area (TPSA) is 173 Å². The van der Waals surface area contributed by atoms with E-state index in [0.717, 1.165) is 11.1 Å². The van der Waals surface area contributed by atoms with E-state index in [2.05, 4.69) is 15.3 Å². The van der Waals surface area contributed by atoms with Crippen molar-refractivity contribution in [1.29, 1.82) is 0 Å². The molecule has 1 atom stereocenters. The number of aromatic nitrogens is 1. The largest absolute Gasteiger partial charge is 0.487 e. The number of ether oxygens (including phenoxy) is 1. The fourth-order valence-electron chi connectivity index (χ4n) is 5.82. The van der Waals surface area contributed by atoms with E-state index in [1.54, 1.807) is 11.0 Å². The Morgan fingerprint density at radius 1 is 1.04 bits per heavy atom. The smallest absolute Gasteiger partial charge is 0.245 e. The Labute approximate surface area is 302 Å². The lowest BCUT2D eigenvalue weighted by Gasteiger charge is -2.33. The summed E-state index contributed by atoms with van der Waals surface area (Å²) in [7, 11) is -4.17. The van der Waals surface area contributed by atoms with Crippen molar-refractivity contribution >= 4 is 86.7 Å². The predicted molar refractivity (Wildman–Crippen MR) is 192 cm³/mol. The molecule has 3 heterocycles. The van der Waals surface area contributed by atoms with Gasteiger partial charge in [-0.25, -0.2) is 13.4 Å². The molecule has 2 aliphatic rings. The number of likely N-dealkylation sites (tertiary alicyclic amines) is 1. The number of fused-ring (bicyclic) bond motifs is 1. The van der Waals surface area contributed by atoms with Gasteiger partial charge in [-0.05, 0) is 56.9 Å². The highest BCUT2D eigenvalue weighted by molar-refractivity contribution is 7.89. The molecule has 0 unspecified atom stereocenters. The van der Waals surface area contributed by atoms with Gasteiger partial charge in [0, 0.05) is 53.8 Å². The normalized spacial score (nSPS) is 16.9. The minimum absolute atomic E-state index is 0. The summed E-state index contributed by atoms with van der Waals surface area (Å²) < 4.78 is 35.2. The quantitative estimate of drug-likeness (QED) is 0.204. The summed E-state index contributed by atoms with van der Waals surface area (Å²) in [6, 6.07) is 11.2. The molecule has 2 aliphatic heterocycles. The van der Waals surface area contributed by atoms with Crippen LogP contribution in [0.4, 0.5) is 0 Å². The van der Waals surface area contributed by atoms with Crippen molar-refractivity contribution in [3.8, 4) is 5.75 Å². The molecule has 262 valence electrons. The maximum absolute atomic E-state index is 14.0. The van der Waals surface area contributed by atoms with E-state index in [-0.39, 0.29) is 89.7 Å². The second-order valence-electron chi connectivity index (χ2n) is 11.4. The molecule has 0 bridgehead atoms. The third-order valence-corrected chi connectivity index (χ3v) is 11.1. The van der Waals surface area contributed by atoms with Gasteiger partial charge in [0.2, 0.25) is 21.8 Å². The Morgan fingerprint density at radius 3 is 2.48 bits per heavy atom. The molecule has 48 heavy (non-hydrogen) atoms. The number of hydrogen-bond donors (Lipinski definition) is 3. The molecule has 1 aromatic heterocycles. The Kier molecular flexibility index (Phi) is 14.0. The molecule has 5 N–H and O–H groups in total. The second-order valence-corrected chi connectivity index (χ2v) is 14.0. The Bertz CT molecular complexity index is 1770. The van der Waals surface area contributed by atoms with Crippen molar-refractivity contribution in [2.24, 2.45) is 16.5 Å². The number of hydrogen-bond acceptors (Lipinski definition) is 7. The zero-order chi connectivity index (χ0) is 33.0. The second kappa shape index (κ2) is 17.0. The van der Waals surface area contributed by atoms with E-state index in [1.807, 2.05) is 31.2 Å². The van der Waals surface area contributed by atoms with Crippen LogP contribution < -0.4 is 21.5 Å². The molecule has 0 spiro atoms. The third-order valence-electron chi connectivity index (χ3n) is 8.25. The zero-order valence-corrected chi connectivity index (χ0v) is 30.2. The van der Waals surface area contributed by atoms with Crippen molar-refractivity contribution in [2.75, 3.05) is 26.2 Å². The van der Waals surface area contributed by atoms with Crippen LogP contribution in [0.3, 0.4) is 0 Å². The van der Waals surface area contributed by atoms with Crippen LogP contribution in [0.5, 0.6) is 5.75 Å². The zero-order valence-electron chi connectivity index (χ0n) is 26.2. The van der Waals surface area contributed by atoms with Crippen LogP contribution in [0.15, 0.2) is 52.4 Å². The van der Waals surface area contributed by atoms with Crippen molar-refractivity contribution in [3.63, 3.8) is 0 Å². The standard InChI is InChI=1S/C31H37Cl2N7O5S.2ClH/c1-19-7-8-20-4-2-6-25(29(20)37-19)45-18-22-23(32)9-10-26(28(22)33)46(43,44)40-15-3-5-24(40)30(42)38-21-12-16-39(17-13-21)27(41)11-14-36-31(34)35;;/h2,4,6-10,21,24H,3,5,11-18H2,1H3,(H,38,42)(H4,34,35,36);2*1H/t24-;;/m0../s1. The van der Waals surface area contributed by atoms with Gasteiger partial charge >= 0.3 is 0 Å². The Hall–Kier alpha value is -3.07. The number of pyridine rings is 1. The molecule has 0 saturated carbocycles. The molecule has 0 aliphatic carbocycles. The first-order chi connectivity index (χ1) is 22.0. The summed E-state index contributed by atoms with van der Waals surface area (Å²) in [5, 5.41) is 4.10. The van der Waals surface area contributed by atoms with Gasteiger partial charge in [0.05, 0.1) is 11.6 Å². The minimum atomic E-state index is -4.17. The molecule has 12 nitrogen and oxygen atoms in total. The number of amides is 2. The summed E-state index contributed by atoms with van der Waals surface area (Å²) in [5.41, 5.74) is 12.4. The van der Waals surface area contributed by atoms with Crippen LogP contribution in [-0.4, -0.2) is 78.6 Å². The number of halogens is 4. The first-order valence-electron chi connectivity index (χ1n) is 15.1. The number of guanidine groups is 1. The van der Waals surface area contributed by atoms with Gasteiger partial charge in [-0.2, -0.15) is 4.31 Å². The molecule has 5 rings (SSSR count). The molecule has 2 saturated heterocycles. The van der Waals surface area contributed by atoms with Crippen LogP contribution in [0, 0.1) is 6.92 Å². The van der Waals surface area contributed by atoms with Gasteiger partial charge < -0.3 is 26.4 Å². The summed E-state index contributed by atoms with van der Waals surface area (Å²) in [5.74, 6) is 0.0241. The number of nitrogens with two attached hydrogens (primary N) is 2. The number of benzene rings is 2. The van der Waals surface area contributed by atoms with E-state index in [0.29, 0.717) is 55.6 Å². The van der Waals surface area contributed by atoms with Gasteiger partial charge in [0.15, 0.2) is 5.96 Å². The maximum Gasteiger partial charge on any atom is 0.245 e. The number of rotatable bonds is 10. The summed E-state index contributed by atoms with van der Waals surface area (Å²) in [6.07, 6.45) is 2.20.